The Bertz CT molecular complexity index is 531. The monoisotopic (exact) mass is 270 g/mol. The third-order valence-electron chi connectivity index (χ3n) is 3.04. The van der Waals surface area contributed by atoms with Crippen LogP contribution in [0.1, 0.15) is 19.4 Å². The van der Waals surface area contributed by atoms with Gasteiger partial charge in [-0.25, -0.2) is 9.18 Å². The van der Waals surface area contributed by atoms with E-state index in [4.69, 9.17) is 11.6 Å². The number of hydrogen-bond acceptors (Lipinski definition) is 2. The highest BCUT2D eigenvalue weighted by molar-refractivity contribution is 6.31. The first-order chi connectivity index (χ1) is 8.32. The van der Waals surface area contributed by atoms with Gasteiger partial charge in [-0.2, -0.15) is 0 Å². The highest BCUT2D eigenvalue weighted by Gasteiger charge is 2.45. The van der Waals surface area contributed by atoms with Gasteiger partial charge in [-0.15, -0.1) is 0 Å². The lowest BCUT2D eigenvalue weighted by Gasteiger charge is -2.28. The van der Waals surface area contributed by atoms with Crippen LogP contribution in [0.3, 0.4) is 0 Å². The first-order valence-electron chi connectivity index (χ1n) is 5.39. The number of carbonyl (C=O) groups is 2. The van der Waals surface area contributed by atoms with Crippen molar-refractivity contribution in [1.82, 2.24) is 10.2 Å². The Morgan fingerprint density at radius 2 is 2.06 bits per heavy atom. The third kappa shape index (κ3) is 2.06. The molecule has 1 fully saturated rings. The van der Waals surface area contributed by atoms with Gasteiger partial charge in [-0.1, -0.05) is 17.7 Å². The molecule has 1 aromatic carbocycles. The first kappa shape index (κ1) is 12.8. The first-order valence-corrected chi connectivity index (χ1v) is 5.77. The normalized spacial score (nSPS) is 18.1. The van der Waals surface area contributed by atoms with Gasteiger partial charge in [0.2, 0.25) is 0 Å². The molecule has 0 saturated carbocycles. The van der Waals surface area contributed by atoms with Gasteiger partial charge < -0.3 is 4.90 Å². The summed E-state index contributed by atoms with van der Waals surface area (Å²) in [5, 5.41) is 2.47. The van der Waals surface area contributed by atoms with E-state index >= 15 is 0 Å². The van der Waals surface area contributed by atoms with Crippen LogP contribution in [0.5, 0.6) is 0 Å². The highest BCUT2D eigenvalue weighted by Crippen LogP contribution is 2.26. The molecule has 4 nitrogen and oxygen atoms in total. The molecule has 0 unspecified atom stereocenters. The van der Waals surface area contributed by atoms with Crippen LogP contribution in [0.2, 0.25) is 5.02 Å². The van der Waals surface area contributed by atoms with Crippen molar-refractivity contribution in [1.29, 1.82) is 0 Å². The Labute approximate surface area is 109 Å². The zero-order valence-electron chi connectivity index (χ0n) is 9.96. The molecule has 6 heteroatoms. The Kier molecular flexibility index (Phi) is 3.02. The van der Waals surface area contributed by atoms with Crippen LogP contribution >= 0.6 is 11.6 Å². The minimum absolute atomic E-state index is 0.156. The second kappa shape index (κ2) is 4.24. The molecule has 1 aromatic rings. The number of benzene rings is 1. The number of hydrogen-bond donors (Lipinski definition) is 1. The van der Waals surface area contributed by atoms with E-state index in [0.29, 0.717) is 5.56 Å². The van der Waals surface area contributed by atoms with Crippen molar-refractivity contribution < 1.29 is 14.0 Å². The molecule has 1 N–H and O–H groups in total. The van der Waals surface area contributed by atoms with Crippen LogP contribution in [0.15, 0.2) is 18.2 Å². The molecule has 0 bridgehead atoms. The molecule has 0 radical (unpaired) electrons. The Hall–Kier alpha value is -1.62. The quantitative estimate of drug-likeness (QED) is 0.839. The van der Waals surface area contributed by atoms with Crippen LogP contribution in [0.25, 0.3) is 0 Å². The molecule has 0 atom stereocenters. The summed E-state index contributed by atoms with van der Waals surface area (Å²) < 4.78 is 12.9. The maximum Gasteiger partial charge on any atom is 0.325 e. The lowest BCUT2D eigenvalue weighted by Crippen LogP contribution is -2.43. The number of nitrogens with zero attached hydrogens (tertiary/aromatic N) is 1. The van der Waals surface area contributed by atoms with Gasteiger partial charge in [0.05, 0.1) is 0 Å². The summed E-state index contributed by atoms with van der Waals surface area (Å²) in [5.74, 6) is -0.796. The molecule has 2 rings (SSSR count). The average Bonchev–Trinajstić information content (AvgIpc) is 2.44. The van der Waals surface area contributed by atoms with Crippen LogP contribution in [-0.4, -0.2) is 22.4 Å². The van der Waals surface area contributed by atoms with Crippen LogP contribution in [-0.2, 0) is 11.3 Å². The van der Waals surface area contributed by atoms with Gasteiger partial charge >= 0.3 is 6.03 Å². The lowest BCUT2D eigenvalue weighted by molar-refractivity contribution is -0.125. The smallest absolute Gasteiger partial charge is 0.306 e. The van der Waals surface area contributed by atoms with Gasteiger partial charge in [-0.05, 0) is 31.5 Å². The summed E-state index contributed by atoms with van der Waals surface area (Å²) in [6, 6.07) is 3.48. The van der Waals surface area contributed by atoms with Crippen molar-refractivity contribution in [3.63, 3.8) is 0 Å². The zero-order chi connectivity index (χ0) is 13.5. The lowest BCUT2D eigenvalue weighted by atomic mass is 10.0. The van der Waals surface area contributed by atoms with E-state index in [2.05, 4.69) is 5.32 Å². The molecular weight excluding hydrogens is 259 g/mol. The summed E-state index contributed by atoms with van der Waals surface area (Å²) in [7, 11) is 0. The standard InChI is InChI=1S/C12H12ClFN2O2/c1-12(2)10(17)15-11(18)16(12)6-7-3-4-8(14)5-9(7)13/h3-5H,6H2,1-2H3,(H,15,17,18). The molecule has 3 amide bonds. The number of nitrogens with one attached hydrogen (secondary N) is 1. The van der Waals surface area contributed by atoms with Gasteiger partial charge in [0.1, 0.15) is 11.4 Å². The molecule has 1 aliphatic rings. The van der Waals surface area contributed by atoms with E-state index in [1.54, 1.807) is 13.8 Å². The minimum atomic E-state index is -0.936. The fraction of sp³-hybridized carbons (Fsp3) is 0.333. The van der Waals surface area contributed by atoms with E-state index in [9.17, 15) is 14.0 Å². The highest BCUT2D eigenvalue weighted by atomic mass is 35.5. The Morgan fingerprint density at radius 1 is 1.39 bits per heavy atom. The summed E-state index contributed by atoms with van der Waals surface area (Å²) in [4.78, 5) is 24.6. The van der Waals surface area contributed by atoms with Crippen LogP contribution in [0.4, 0.5) is 9.18 Å². The topological polar surface area (TPSA) is 49.4 Å². The van der Waals surface area contributed by atoms with Crippen LogP contribution < -0.4 is 5.32 Å². The second-order valence-corrected chi connectivity index (χ2v) is 5.05. The van der Waals surface area contributed by atoms with Gasteiger partial charge in [0, 0.05) is 11.6 Å². The van der Waals surface area contributed by atoms with E-state index in [-0.39, 0.29) is 17.5 Å². The predicted molar refractivity (Wildman–Crippen MR) is 64.6 cm³/mol. The van der Waals surface area contributed by atoms with E-state index in [1.807, 2.05) is 0 Å². The summed E-state index contributed by atoms with van der Waals surface area (Å²) in [6.07, 6.45) is 0. The van der Waals surface area contributed by atoms with E-state index < -0.39 is 17.4 Å². The maximum absolute atomic E-state index is 12.9. The summed E-state index contributed by atoms with van der Waals surface area (Å²) >= 11 is 5.90. The molecule has 1 heterocycles. The second-order valence-electron chi connectivity index (χ2n) is 4.64. The third-order valence-corrected chi connectivity index (χ3v) is 3.39. The number of urea groups is 1. The van der Waals surface area contributed by atoms with Gasteiger partial charge in [0.15, 0.2) is 0 Å². The van der Waals surface area contributed by atoms with Crippen molar-refractivity contribution in [2.24, 2.45) is 0 Å². The summed E-state index contributed by atoms with van der Waals surface area (Å²) in [6.45, 7) is 3.44. The number of amides is 3. The number of rotatable bonds is 2. The van der Waals surface area contributed by atoms with Crippen molar-refractivity contribution in [2.45, 2.75) is 25.9 Å². The molecule has 96 valence electrons. The number of carbonyl (C=O) groups excluding carboxylic acids is 2. The van der Waals surface area contributed by atoms with Crippen molar-refractivity contribution in [3.8, 4) is 0 Å². The van der Waals surface area contributed by atoms with Crippen molar-refractivity contribution in [3.05, 3.63) is 34.6 Å². The maximum atomic E-state index is 12.9. The Balaban J connectivity index is 2.28. The molecule has 1 aliphatic heterocycles. The number of halogens is 2. The van der Waals surface area contributed by atoms with E-state index in [0.717, 1.165) is 0 Å². The van der Waals surface area contributed by atoms with Gasteiger partial charge in [0.25, 0.3) is 5.91 Å². The number of imide groups is 1. The SMILES string of the molecule is CC1(C)C(=O)NC(=O)N1Cc1ccc(F)cc1Cl. The molecule has 1 saturated heterocycles. The Morgan fingerprint density at radius 3 is 2.56 bits per heavy atom. The fourth-order valence-corrected chi connectivity index (χ4v) is 2.01. The largest absolute Gasteiger partial charge is 0.325 e. The molecule has 0 aliphatic carbocycles. The molecular formula is C12H12ClFN2O2. The van der Waals surface area contributed by atoms with Crippen molar-refractivity contribution >= 4 is 23.5 Å². The van der Waals surface area contributed by atoms with Crippen LogP contribution in [0, 0.1) is 5.82 Å². The average molecular weight is 271 g/mol. The van der Waals surface area contributed by atoms with E-state index in [1.165, 1.54) is 23.1 Å². The molecule has 18 heavy (non-hydrogen) atoms. The molecule has 0 spiro atoms. The van der Waals surface area contributed by atoms with Crippen molar-refractivity contribution in [2.75, 3.05) is 0 Å². The molecule has 0 aromatic heterocycles. The van der Waals surface area contributed by atoms with Gasteiger partial charge in [-0.3, -0.25) is 10.1 Å². The predicted octanol–water partition coefficient (Wildman–Crippen LogP) is 2.31. The minimum Gasteiger partial charge on any atom is -0.306 e. The fourth-order valence-electron chi connectivity index (χ4n) is 1.78. The zero-order valence-corrected chi connectivity index (χ0v) is 10.7. The summed E-state index contributed by atoms with van der Waals surface area (Å²) in [5.41, 5.74) is -0.342.